The van der Waals surface area contributed by atoms with Crippen molar-refractivity contribution >= 4 is 34.2 Å². The van der Waals surface area contributed by atoms with Gasteiger partial charge in [-0.05, 0) is 72.3 Å². The lowest BCUT2D eigenvalue weighted by Gasteiger charge is -2.48. The van der Waals surface area contributed by atoms with Crippen LogP contribution in [0, 0.1) is 11.3 Å². The molecule has 8 heteroatoms. The average Bonchev–Trinajstić information content (AvgIpc) is 3.02. The number of piperidine rings is 1. The van der Waals surface area contributed by atoms with Gasteiger partial charge in [0.15, 0.2) is 0 Å². The zero-order valence-electron chi connectivity index (χ0n) is 25.1. The third-order valence-electron chi connectivity index (χ3n) is 9.86. The van der Waals surface area contributed by atoms with E-state index in [2.05, 4.69) is 22.8 Å². The van der Waals surface area contributed by atoms with Crippen LogP contribution in [0.2, 0.25) is 5.02 Å². The van der Waals surface area contributed by atoms with Crippen LogP contribution in [0.1, 0.15) is 75.5 Å². The summed E-state index contributed by atoms with van der Waals surface area (Å²) in [6.07, 6.45) is 8.96. The Hall–Kier alpha value is -2.22. The second-order valence-corrected chi connectivity index (χ2v) is 15.3. The molecule has 2 fully saturated rings. The molecule has 5 rings (SSSR count). The first kappa shape index (κ1) is 31.2. The summed E-state index contributed by atoms with van der Waals surface area (Å²) in [5, 5.41) is 7.28. The van der Waals surface area contributed by atoms with Gasteiger partial charge in [-0.15, -0.1) is 0 Å². The normalized spacial score (nSPS) is 22.3. The SMILES string of the molecule is CC(C)S(=O)CC1(C2CCCCC2)CCN(C(=O)[C@@H](Cc2ccc(Cl)cc2)NC(=O)[C@H]2Cc3ccccc3CN2)CC1. The predicted octanol–water partition coefficient (Wildman–Crippen LogP) is 5.43. The highest BCUT2D eigenvalue weighted by Crippen LogP contribution is 2.46. The van der Waals surface area contributed by atoms with Crippen molar-refractivity contribution in [3.63, 3.8) is 0 Å². The first-order chi connectivity index (χ1) is 20.2. The Morgan fingerprint density at radius 3 is 2.36 bits per heavy atom. The van der Waals surface area contributed by atoms with Crippen LogP contribution in [-0.2, 0) is 39.8 Å². The number of rotatable bonds is 9. The van der Waals surface area contributed by atoms with Gasteiger partial charge in [0.05, 0.1) is 6.04 Å². The Morgan fingerprint density at radius 2 is 1.69 bits per heavy atom. The third kappa shape index (κ3) is 7.46. The second-order valence-electron chi connectivity index (χ2n) is 12.9. The first-order valence-corrected chi connectivity index (χ1v) is 17.5. The molecule has 2 N–H and O–H groups in total. The van der Waals surface area contributed by atoms with Gasteiger partial charge in [0, 0.05) is 52.9 Å². The molecule has 1 aliphatic carbocycles. The zero-order chi connectivity index (χ0) is 29.7. The molecule has 2 amide bonds. The van der Waals surface area contributed by atoms with Crippen molar-refractivity contribution in [2.75, 3.05) is 18.8 Å². The minimum atomic E-state index is -0.874. The molecule has 2 aromatic carbocycles. The molecule has 0 bridgehead atoms. The van der Waals surface area contributed by atoms with Crippen molar-refractivity contribution in [1.82, 2.24) is 15.5 Å². The van der Waals surface area contributed by atoms with E-state index in [1.54, 1.807) is 0 Å². The number of carbonyl (C=O) groups excluding carboxylic acids is 2. The molecule has 2 aliphatic heterocycles. The van der Waals surface area contributed by atoms with Crippen LogP contribution < -0.4 is 10.6 Å². The summed E-state index contributed by atoms with van der Waals surface area (Å²) >= 11 is 6.13. The number of nitrogens with one attached hydrogen (secondary N) is 2. The van der Waals surface area contributed by atoms with Crippen molar-refractivity contribution in [1.29, 1.82) is 0 Å². The molecule has 2 heterocycles. The average molecular weight is 612 g/mol. The van der Waals surface area contributed by atoms with Gasteiger partial charge in [-0.2, -0.15) is 0 Å². The molecule has 0 radical (unpaired) electrons. The molecular formula is C34H46ClN3O3S. The minimum absolute atomic E-state index is 0.0284. The third-order valence-corrected chi connectivity index (χ3v) is 12.0. The van der Waals surface area contributed by atoms with E-state index in [9.17, 15) is 13.8 Å². The smallest absolute Gasteiger partial charge is 0.245 e. The van der Waals surface area contributed by atoms with Gasteiger partial charge in [0.2, 0.25) is 11.8 Å². The molecule has 3 atom stereocenters. The maximum atomic E-state index is 14.1. The number of benzene rings is 2. The molecule has 42 heavy (non-hydrogen) atoms. The van der Waals surface area contributed by atoms with Gasteiger partial charge in [0.1, 0.15) is 6.04 Å². The Labute approximate surface area is 258 Å². The number of hydrogen-bond acceptors (Lipinski definition) is 4. The standard InChI is InChI=1S/C34H46ClN3O3S/c1-24(2)42(41)23-34(28-10-4-3-5-11-28)16-18-38(19-17-34)33(40)31(20-25-12-14-29(35)15-13-25)37-32(39)30-21-26-8-6-7-9-27(26)22-36-30/h6-9,12-15,24,28,30-31,36H,3-5,10-11,16-23H2,1-2H3,(H,37,39)/t30-,31-,42?/m1/s1. The fraction of sp³-hybridized carbons (Fsp3) is 0.588. The van der Waals surface area contributed by atoms with Gasteiger partial charge in [-0.3, -0.25) is 13.8 Å². The number of nitrogens with zero attached hydrogens (tertiary/aromatic N) is 1. The van der Waals surface area contributed by atoms with E-state index < -0.39 is 16.8 Å². The maximum absolute atomic E-state index is 14.1. The number of hydrogen-bond donors (Lipinski definition) is 2. The summed E-state index contributed by atoms with van der Waals surface area (Å²) in [5.41, 5.74) is 3.37. The highest BCUT2D eigenvalue weighted by Gasteiger charge is 2.44. The van der Waals surface area contributed by atoms with Crippen molar-refractivity contribution in [2.45, 2.75) is 95.5 Å². The number of fused-ring (bicyclic) bond motifs is 1. The van der Waals surface area contributed by atoms with Gasteiger partial charge >= 0.3 is 0 Å². The molecule has 6 nitrogen and oxygen atoms in total. The maximum Gasteiger partial charge on any atom is 0.245 e. The predicted molar refractivity (Wildman–Crippen MR) is 171 cm³/mol. The first-order valence-electron chi connectivity index (χ1n) is 15.7. The number of carbonyl (C=O) groups is 2. The van der Waals surface area contributed by atoms with Crippen molar-refractivity contribution in [3.8, 4) is 0 Å². The van der Waals surface area contributed by atoms with Crippen LogP contribution in [0.3, 0.4) is 0 Å². The van der Waals surface area contributed by atoms with Crippen LogP contribution in [0.4, 0.5) is 0 Å². The van der Waals surface area contributed by atoms with Crippen molar-refractivity contribution < 1.29 is 13.8 Å². The molecule has 2 aromatic rings. The van der Waals surface area contributed by atoms with Gasteiger partial charge < -0.3 is 15.5 Å². The summed E-state index contributed by atoms with van der Waals surface area (Å²) < 4.78 is 13.1. The van der Waals surface area contributed by atoms with E-state index in [0.29, 0.717) is 43.4 Å². The fourth-order valence-corrected chi connectivity index (χ4v) is 8.75. The second kappa shape index (κ2) is 14.0. The summed E-state index contributed by atoms with van der Waals surface area (Å²) in [6, 6.07) is 14.6. The Bertz CT molecular complexity index is 1250. The number of likely N-dealkylation sites (tertiary alicyclic amines) is 1. The monoisotopic (exact) mass is 611 g/mol. The lowest BCUT2D eigenvalue weighted by molar-refractivity contribution is -0.139. The lowest BCUT2D eigenvalue weighted by atomic mass is 9.65. The van der Waals surface area contributed by atoms with Crippen LogP contribution in [-0.4, -0.2) is 57.1 Å². The van der Waals surface area contributed by atoms with Crippen LogP contribution in [0.15, 0.2) is 48.5 Å². The van der Waals surface area contributed by atoms with E-state index in [-0.39, 0.29) is 28.5 Å². The van der Waals surface area contributed by atoms with Gasteiger partial charge in [0.25, 0.3) is 0 Å². The Balaban J connectivity index is 1.30. The highest BCUT2D eigenvalue weighted by atomic mass is 35.5. The Kier molecular flexibility index (Phi) is 10.4. The molecule has 3 aliphatic rings. The van der Waals surface area contributed by atoms with Crippen molar-refractivity contribution in [2.24, 2.45) is 11.3 Å². The highest BCUT2D eigenvalue weighted by molar-refractivity contribution is 7.85. The van der Waals surface area contributed by atoms with Crippen LogP contribution >= 0.6 is 11.6 Å². The molecule has 1 unspecified atom stereocenters. The van der Waals surface area contributed by atoms with E-state index in [1.807, 2.05) is 55.1 Å². The molecule has 228 valence electrons. The number of amides is 2. The quantitative estimate of drug-likeness (QED) is 0.397. The molecule has 1 saturated heterocycles. The van der Waals surface area contributed by atoms with Gasteiger partial charge in [-0.1, -0.05) is 81.1 Å². The number of halogens is 1. The largest absolute Gasteiger partial charge is 0.343 e. The van der Waals surface area contributed by atoms with E-state index >= 15 is 0 Å². The Morgan fingerprint density at radius 1 is 1.02 bits per heavy atom. The fourth-order valence-electron chi connectivity index (χ4n) is 7.20. The topological polar surface area (TPSA) is 78.5 Å². The molecule has 0 aromatic heterocycles. The van der Waals surface area contributed by atoms with E-state index in [1.165, 1.54) is 43.2 Å². The summed E-state index contributed by atoms with van der Waals surface area (Å²) in [6.45, 7) is 6.02. The molecule has 1 saturated carbocycles. The molecule has 0 spiro atoms. The van der Waals surface area contributed by atoms with Crippen LogP contribution in [0.25, 0.3) is 0 Å². The van der Waals surface area contributed by atoms with E-state index in [4.69, 9.17) is 11.6 Å². The lowest BCUT2D eigenvalue weighted by Crippen LogP contribution is -2.57. The molecular weight excluding hydrogens is 566 g/mol. The van der Waals surface area contributed by atoms with Gasteiger partial charge in [-0.25, -0.2) is 0 Å². The summed E-state index contributed by atoms with van der Waals surface area (Å²) in [4.78, 5) is 29.6. The minimum Gasteiger partial charge on any atom is -0.343 e. The van der Waals surface area contributed by atoms with Crippen molar-refractivity contribution in [3.05, 3.63) is 70.2 Å². The van der Waals surface area contributed by atoms with Crippen LogP contribution in [0.5, 0.6) is 0 Å². The zero-order valence-corrected chi connectivity index (χ0v) is 26.7. The summed E-state index contributed by atoms with van der Waals surface area (Å²) in [5.74, 6) is 1.14. The van der Waals surface area contributed by atoms with E-state index in [0.717, 1.165) is 24.2 Å². The summed E-state index contributed by atoms with van der Waals surface area (Å²) in [7, 11) is -0.874.